The number of nitrogens with zero attached hydrogens (tertiary/aromatic N) is 1. The lowest BCUT2D eigenvalue weighted by atomic mass is 10.1. The summed E-state index contributed by atoms with van der Waals surface area (Å²) in [7, 11) is 6.01. The monoisotopic (exact) mass is 309 g/mol. The number of amides is 2. The third-order valence-electron chi connectivity index (χ3n) is 3.20. The molecule has 0 atom stereocenters. The number of hydrogen-bond donors (Lipinski definition) is 2. The molecule has 4 N–H and O–H groups in total. The van der Waals surface area contributed by atoms with E-state index in [0.29, 0.717) is 24.2 Å². The van der Waals surface area contributed by atoms with Crippen LogP contribution in [-0.2, 0) is 11.3 Å². The third kappa shape index (κ3) is 5.96. The van der Waals surface area contributed by atoms with E-state index >= 15 is 0 Å². The van der Waals surface area contributed by atoms with Gasteiger partial charge < -0.3 is 16.3 Å². The molecule has 0 saturated heterocycles. The van der Waals surface area contributed by atoms with Gasteiger partial charge in [-0.15, -0.1) is 0 Å². The SMILES string of the molecule is [B]N(CC(=C/C)/C=C(\C=C)C(N)=O)Cc1cccc(C(N)=O)c1. The Bertz CT molecular complexity index is 666. The number of carbonyl (C=O) groups excluding carboxylic acids is 2. The zero-order chi connectivity index (χ0) is 17.4. The van der Waals surface area contributed by atoms with Gasteiger partial charge in [-0.3, -0.25) is 9.59 Å². The van der Waals surface area contributed by atoms with E-state index < -0.39 is 11.8 Å². The molecule has 5 nitrogen and oxygen atoms in total. The lowest BCUT2D eigenvalue weighted by Gasteiger charge is -2.18. The molecule has 0 aliphatic rings. The van der Waals surface area contributed by atoms with Crippen molar-refractivity contribution in [3.63, 3.8) is 0 Å². The van der Waals surface area contributed by atoms with Crippen LogP contribution < -0.4 is 11.5 Å². The van der Waals surface area contributed by atoms with E-state index in [2.05, 4.69) is 6.58 Å². The van der Waals surface area contributed by atoms with Gasteiger partial charge >= 0.3 is 0 Å². The van der Waals surface area contributed by atoms with E-state index in [0.717, 1.165) is 11.1 Å². The second-order valence-electron chi connectivity index (χ2n) is 5.00. The summed E-state index contributed by atoms with van der Waals surface area (Å²) in [6, 6.07) is 6.96. The van der Waals surface area contributed by atoms with Gasteiger partial charge in [0, 0.05) is 24.2 Å². The maximum atomic E-state index is 11.2. The first-order chi connectivity index (χ1) is 10.9. The van der Waals surface area contributed by atoms with Crippen LogP contribution in [0.2, 0.25) is 0 Å². The number of carbonyl (C=O) groups is 2. The van der Waals surface area contributed by atoms with Crippen LogP contribution in [0.1, 0.15) is 22.8 Å². The second-order valence-corrected chi connectivity index (χ2v) is 5.00. The molecule has 2 radical (unpaired) electrons. The number of rotatable bonds is 8. The van der Waals surface area contributed by atoms with Crippen molar-refractivity contribution in [1.29, 1.82) is 0 Å². The summed E-state index contributed by atoms with van der Waals surface area (Å²) in [6.07, 6.45) is 4.89. The third-order valence-corrected chi connectivity index (χ3v) is 3.20. The van der Waals surface area contributed by atoms with E-state index in [1.54, 1.807) is 29.1 Å². The van der Waals surface area contributed by atoms with Crippen LogP contribution in [0, 0.1) is 0 Å². The molecule has 0 saturated carbocycles. The normalized spacial score (nSPS) is 12.3. The van der Waals surface area contributed by atoms with Crippen LogP contribution in [0.15, 0.2) is 60.2 Å². The Kier molecular flexibility index (Phi) is 7.02. The highest BCUT2D eigenvalue weighted by atomic mass is 16.1. The van der Waals surface area contributed by atoms with Crippen LogP contribution in [0.5, 0.6) is 0 Å². The maximum absolute atomic E-state index is 11.2. The van der Waals surface area contributed by atoms with Crippen LogP contribution >= 0.6 is 0 Å². The van der Waals surface area contributed by atoms with E-state index in [4.69, 9.17) is 19.4 Å². The van der Waals surface area contributed by atoms with Gasteiger partial charge in [-0.05, 0) is 36.3 Å². The highest BCUT2D eigenvalue weighted by molar-refractivity contribution is 6.04. The zero-order valence-corrected chi connectivity index (χ0v) is 13.2. The first-order valence-electron chi connectivity index (χ1n) is 7.05. The molecule has 0 unspecified atom stereocenters. The average molecular weight is 309 g/mol. The van der Waals surface area contributed by atoms with Crippen LogP contribution in [0.25, 0.3) is 0 Å². The lowest BCUT2D eigenvalue weighted by molar-refractivity contribution is -0.114. The molecule has 0 aliphatic carbocycles. The van der Waals surface area contributed by atoms with Gasteiger partial charge in [0.15, 0.2) is 7.98 Å². The minimum Gasteiger partial charge on any atom is -0.366 e. The predicted molar refractivity (Wildman–Crippen MR) is 92.4 cm³/mol. The first kappa shape index (κ1) is 18.5. The maximum Gasteiger partial charge on any atom is 0.248 e. The molecule has 118 valence electrons. The fourth-order valence-electron chi connectivity index (χ4n) is 2.00. The van der Waals surface area contributed by atoms with E-state index in [9.17, 15) is 9.59 Å². The summed E-state index contributed by atoms with van der Waals surface area (Å²) in [5.41, 5.74) is 13.0. The van der Waals surface area contributed by atoms with Crippen molar-refractivity contribution < 1.29 is 9.59 Å². The molecular formula is C17H20BN3O2. The predicted octanol–water partition coefficient (Wildman–Crippen LogP) is 1.22. The first-order valence-corrected chi connectivity index (χ1v) is 7.05. The minimum atomic E-state index is -0.544. The fourth-order valence-corrected chi connectivity index (χ4v) is 2.00. The van der Waals surface area contributed by atoms with Gasteiger partial charge in [0.1, 0.15) is 0 Å². The Morgan fingerprint density at radius 3 is 2.57 bits per heavy atom. The van der Waals surface area contributed by atoms with Crippen LogP contribution in [0.3, 0.4) is 0 Å². The molecule has 1 aromatic carbocycles. The van der Waals surface area contributed by atoms with Gasteiger partial charge in [0.25, 0.3) is 0 Å². The molecule has 0 bridgehead atoms. The molecule has 0 fully saturated rings. The van der Waals surface area contributed by atoms with Gasteiger partial charge in [-0.1, -0.05) is 30.9 Å². The largest absolute Gasteiger partial charge is 0.366 e. The molecule has 1 aromatic rings. The van der Waals surface area contributed by atoms with Crippen LogP contribution in [-0.4, -0.2) is 31.2 Å². The number of hydrogen-bond acceptors (Lipinski definition) is 3. The molecule has 0 heterocycles. The second kappa shape index (κ2) is 8.75. The van der Waals surface area contributed by atoms with Crippen molar-refractivity contribution in [3.8, 4) is 0 Å². The number of nitrogens with two attached hydrogens (primary N) is 2. The molecule has 0 aliphatic heterocycles. The zero-order valence-electron chi connectivity index (χ0n) is 13.2. The highest BCUT2D eigenvalue weighted by Crippen LogP contribution is 2.10. The van der Waals surface area contributed by atoms with E-state index in [1.807, 2.05) is 19.1 Å². The van der Waals surface area contributed by atoms with Gasteiger partial charge in [0.2, 0.25) is 11.8 Å². The molecule has 0 aromatic heterocycles. The summed E-state index contributed by atoms with van der Waals surface area (Å²) in [5.74, 6) is -1.03. The van der Waals surface area contributed by atoms with Crippen molar-refractivity contribution in [1.82, 2.24) is 4.81 Å². The van der Waals surface area contributed by atoms with Crippen molar-refractivity contribution in [2.75, 3.05) is 6.54 Å². The quantitative estimate of drug-likeness (QED) is 0.430. The Labute approximate surface area is 137 Å². The van der Waals surface area contributed by atoms with Crippen molar-refractivity contribution in [2.24, 2.45) is 11.5 Å². The smallest absolute Gasteiger partial charge is 0.248 e. The van der Waals surface area contributed by atoms with Crippen molar-refractivity contribution >= 4 is 19.8 Å². The van der Waals surface area contributed by atoms with Crippen molar-refractivity contribution in [2.45, 2.75) is 13.5 Å². The molecule has 23 heavy (non-hydrogen) atoms. The van der Waals surface area contributed by atoms with E-state index in [-0.39, 0.29) is 0 Å². The van der Waals surface area contributed by atoms with Gasteiger partial charge in [-0.25, -0.2) is 0 Å². The van der Waals surface area contributed by atoms with Gasteiger partial charge in [-0.2, -0.15) is 0 Å². The number of primary amides is 2. The standard InChI is InChI=1S/C17H20BN3O2/c1-3-12(8-14(4-2)16(19)22)10-21(18)11-13-6-5-7-15(9-13)17(20)23/h3-9H,2,10-11H2,1H3,(H2,19,22)(H2,20,23)/b12-3+,14-8+. The van der Waals surface area contributed by atoms with Crippen molar-refractivity contribution in [3.05, 3.63) is 71.3 Å². The molecule has 1 rings (SSSR count). The Hall–Kier alpha value is -2.60. The van der Waals surface area contributed by atoms with Crippen LogP contribution in [0.4, 0.5) is 0 Å². The molecule has 6 heteroatoms. The fraction of sp³-hybridized carbons (Fsp3) is 0.176. The summed E-state index contributed by atoms with van der Waals surface area (Å²) in [6.45, 7) is 6.23. The summed E-state index contributed by atoms with van der Waals surface area (Å²) >= 11 is 0. The highest BCUT2D eigenvalue weighted by Gasteiger charge is 2.07. The Morgan fingerprint density at radius 2 is 2.04 bits per heavy atom. The summed E-state index contributed by atoms with van der Waals surface area (Å²) in [4.78, 5) is 24.0. The lowest BCUT2D eigenvalue weighted by Crippen LogP contribution is -2.23. The Morgan fingerprint density at radius 1 is 1.35 bits per heavy atom. The molecular weight excluding hydrogens is 289 g/mol. The number of benzene rings is 1. The number of allylic oxidation sites excluding steroid dienone is 1. The van der Waals surface area contributed by atoms with E-state index in [1.165, 1.54) is 6.08 Å². The Balaban J connectivity index is 2.80. The summed E-state index contributed by atoms with van der Waals surface area (Å²) in [5, 5.41) is 0. The topological polar surface area (TPSA) is 89.4 Å². The molecule has 0 spiro atoms. The average Bonchev–Trinajstić information content (AvgIpc) is 2.51. The minimum absolute atomic E-state index is 0.322. The molecule has 2 amide bonds. The summed E-state index contributed by atoms with van der Waals surface area (Å²) < 4.78 is 0. The van der Waals surface area contributed by atoms with Gasteiger partial charge in [0.05, 0.1) is 0 Å².